The Kier molecular flexibility index (Phi) is 6.53. The van der Waals surface area contributed by atoms with E-state index in [2.05, 4.69) is 27.1 Å². The van der Waals surface area contributed by atoms with Crippen molar-refractivity contribution in [2.24, 2.45) is 5.92 Å². The zero-order valence-electron chi connectivity index (χ0n) is 16.6. The van der Waals surface area contributed by atoms with E-state index in [-0.39, 0.29) is 0 Å². The van der Waals surface area contributed by atoms with E-state index in [1.54, 1.807) is 6.20 Å². The molecule has 0 aliphatic carbocycles. The van der Waals surface area contributed by atoms with Crippen molar-refractivity contribution in [3.8, 4) is 11.4 Å². The van der Waals surface area contributed by atoms with Crippen LogP contribution >= 0.6 is 23.2 Å². The van der Waals surface area contributed by atoms with Gasteiger partial charge in [0.05, 0.1) is 21.8 Å². The Morgan fingerprint density at radius 2 is 1.93 bits per heavy atom. The van der Waals surface area contributed by atoms with Gasteiger partial charge in [-0.05, 0) is 56.8 Å². The summed E-state index contributed by atoms with van der Waals surface area (Å²) in [5.74, 6) is 2.08. The lowest BCUT2D eigenvalue weighted by Crippen LogP contribution is -2.28. The quantitative estimate of drug-likeness (QED) is 0.548. The molecule has 0 radical (unpaired) electrons. The van der Waals surface area contributed by atoms with Gasteiger partial charge in [-0.2, -0.15) is 4.98 Å². The van der Waals surface area contributed by atoms with Gasteiger partial charge in [0.1, 0.15) is 11.3 Å². The van der Waals surface area contributed by atoms with E-state index >= 15 is 0 Å². The van der Waals surface area contributed by atoms with E-state index in [1.165, 1.54) is 12.8 Å². The lowest BCUT2D eigenvalue weighted by Gasteiger charge is -2.23. The highest BCUT2D eigenvalue weighted by atomic mass is 35.5. The van der Waals surface area contributed by atoms with Crippen molar-refractivity contribution in [2.75, 3.05) is 25.0 Å². The van der Waals surface area contributed by atoms with E-state index in [9.17, 15) is 0 Å². The predicted octanol–water partition coefficient (Wildman–Crippen LogP) is 5.01. The molecule has 154 valence electrons. The monoisotopic (exact) mass is 432 g/mol. The molecule has 0 saturated carbocycles. The Morgan fingerprint density at radius 1 is 1.17 bits per heavy atom. The fourth-order valence-electron chi connectivity index (χ4n) is 3.84. The van der Waals surface area contributed by atoms with E-state index in [0.717, 1.165) is 61.6 Å². The summed E-state index contributed by atoms with van der Waals surface area (Å²) in [6.07, 6.45) is 6.26. The van der Waals surface area contributed by atoms with Gasteiger partial charge in [0.2, 0.25) is 5.95 Å². The summed E-state index contributed by atoms with van der Waals surface area (Å²) in [4.78, 5) is 14.0. The van der Waals surface area contributed by atoms with Crippen LogP contribution in [0.3, 0.4) is 0 Å². The molecule has 4 rings (SSSR count). The summed E-state index contributed by atoms with van der Waals surface area (Å²) < 4.78 is 2.16. The Morgan fingerprint density at radius 3 is 2.66 bits per heavy atom. The molecular formula is C21H26Cl2N6. The molecule has 1 aromatic carbocycles. The van der Waals surface area contributed by atoms with Gasteiger partial charge in [0.25, 0.3) is 0 Å². The minimum absolute atomic E-state index is 0.591. The molecule has 3 aromatic rings. The standard InChI is InChI=1S/C21H26Cl2N6/c1-2-9-25-21-26-13-17-19(28-21)29(12-8-14-6-10-24-11-7-14)20(27-17)18-15(22)4-3-5-16(18)23/h3-5,13-14,24H,2,6-12H2,1H3,(H,25,26,28). The number of nitrogens with one attached hydrogen (secondary N) is 2. The maximum absolute atomic E-state index is 6.52. The lowest BCUT2D eigenvalue weighted by molar-refractivity contribution is 0.339. The molecule has 6 nitrogen and oxygen atoms in total. The third kappa shape index (κ3) is 4.49. The first-order valence-electron chi connectivity index (χ1n) is 10.3. The maximum Gasteiger partial charge on any atom is 0.224 e. The lowest BCUT2D eigenvalue weighted by atomic mass is 9.95. The van der Waals surface area contributed by atoms with Crippen molar-refractivity contribution in [1.29, 1.82) is 0 Å². The number of aryl methyl sites for hydroxylation is 1. The summed E-state index contributed by atoms with van der Waals surface area (Å²) in [6.45, 7) is 5.95. The minimum Gasteiger partial charge on any atom is -0.354 e. The van der Waals surface area contributed by atoms with Crippen LogP contribution in [0.1, 0.15) is 32.6 Å². The van der Waals surface area contributed by atoms with Gasteiger partial charge in [-0.25, -0.2) is 9.97 Å². The number of nitrogens with zero attached hydrogens (tertiary/aromatic N) is 4. The minimum atomic E-state index is 0.591. The van der Waals surface area contributed by atoms with Crippen LogP contribution in [0.25, 0.3) is 22.6 Å². The van der Waals surface area contributed by atoms with Crippen molar-refractivity contribution < 1.29 is 0 Å². The van der Waals surface area contributed by atoms with E-state index in [1.807, 2.05) is 18.2 Å². The summed E-state index contributed by atoms with van der Waals surface area (Å²) in [7, 11) is 0. The molecule has 0 bridgehead atoms. The van der Waals surface area contributed by atoms with Crippen molar-refractivity contribution in [3.05, 3.63) is 34.4 Å². The number of benzene rings is 1. The molecule has 2 aromatic heterocycles. The van der Waals surface area contributed by atoms with Crippen LogP contribution < -0.4 is 10.6 Å². The zero-order valence-corrected chi connectivity index (χ0v) is 18.1. The van der Waals surface area contributed by atoms with Crippen LogP contribution in [0, 0.1) is 5.92 Å². The van der Waals surface area contributed by atoms with Crippen LogP contribution in [0.15, 0.2) is 24.4 Å². The van der Waals surface area contributed by atoms with Gasteiger partial charge < -0.3 is 15.2 Å². The Labute approximate surface area is 181 Å². The van der Waals surface area contributed by atoms with Crippen LogP contribution in [0.4, 0.5) is 5.95 Å². The molecule has 1 aliphatic heterocycles. The zero-order chi connectivity index (χ0) is 20.2. The molecule has 1 fully saturated rings. The van der Waals surface area contributed by atoms with Gasteiger partial charge in [-0.1, -0.05) is 36.2 Å². The molecule has 0 unspecified atom stereocenters. The second-order valence-electron chi connectivity index (χ2n) is 7.49. The molecule has 2 N–H and O–H groups in total. The van der Waals surface area contributed by atoms with E-state index < -0.39 is 0 Å². The first-order chi connectivity index (χ1) is 14.2. The van der Waals surface area contributed by atoms with Crippen LogP contribution in [-0.2, 0) is 6.54 Å². The number of rotatable bonds is 7. The van der Waals surface area contributed by atoms with Crippen molar-refractivity contribution in [1.82, 2.24) is 24.8 Å². The average Bonchev–Trinajstić information content (AvgIpc) is 3.08. The van der Waals surface area contributed by atoms with Gasteiger partial charge in [0.15, 0.2) is 5.65 Å². The van der Waals surface area contributed by atoms with Crippen LogP contribution in [0.5, 0.6) is 0 Å². The third-order valence-corrected chi connectivity index (χ3v) is 6.06. The molecule has 0 spiro atoms. The van der Waals surface area contributed by atoms with Crippen LogP contribution in [-0.4, -0.2) is 39.2 Å². The largest absolute Gasteiger partial charge is 0.354 e. The van der Waals surface area contributed by atoms with Crippen LogP contribution in [0.2, 0.25) is 10.0 Å². The van der Waals surface area contributed by atoms with E-state index in [0.29, 0.717) is 21.9 Å². The number of piperidine rings is 1. The molecule has 8 heteroatoms. The molecule has 1 saturated heterocycles. The summed E-state index contributed by atoms with van der Waals surface area (Å²) in [6, 6.07) is 5.54. The fourth-order valence-corrected chi connectivity index (χ4v) is 4.40. The molecule has 0 amide bonds. The SMILES string of the molecule is CCCNc1ncc2nc(-c3c(Cl)cccc3Cl)n(CCC3CCNCC3)c2n1. The Balaban J connectivity index is 1.76. The second-order valence-corrected chi connectivity index (χ2v) is 8.31. The first-order valence-corrected chi connectivity index (χ1v) is 11.0. The number of hydrogen-bond donors (Lipinski definition) is 2. The highest BCUT2D eigenvalue weighted by Gasteiger charge is 2.21. The summed E-state index contributed by atoms with van der Waals surface area (Å²) in [5, 5.41) is 7.88. The topological polar surface area (TPSA) is 67.7 Å². The number of anilines is 1. The van der Waals surface area contributed by atoms with Crippen molar-refractivity contribution in [3.63, 3.8) is 0 Å². The average molecular weight is 433 g/mol. The number of fused-ring (bicyclic) bond motifs is 1. The van der Waals surface area contributed by atoms with Gasteiger partial charge in [0, 0.05) is 13.1 Å². The van der Waals surface area contributed by atoms with Gasteiger partial charge in [-0.15, -0.1) is 0 Å². The highest BCUT2D eigenvalue weighted by Crippen LogP contribution is 2.36. The Bertz CT molecular complexity index is 960. The number of imidazole rings is 1. The molecular weight excluding hydrogens is 407 g/mol. The number of halogens is 2. The first kappa shape index (κ1) is 20.4. The highest BCUT2D eigenvalue weighted by molar-refractivity contribution is 6.39. The summed E-state index contributed by atoms with van der Waals surface area (Å²) >= 11 is 13.0. The second kappa shape index (κ2) is 9.28. The smallest absolute Gasteiger partial charge is 0.224 e. The molecule has 0 atom stereocenters. The molecule has 29 heavy (non-hydrogen) atoms. The Hall–Kier alpha value is -1.89. The number of hydrogen-bond acceptors (Lipinski definition) is 5. The predicted molar refractivity (Wildman–Crippen MR) is 120 cm³/mol. The van der Waals surface area contributed by atoms with Crippen molar-refractivity contribution in [2.45, 2.75) is 39.2 Å². The molecule has 1 aliphatic rings. The summed E-state index contributed by atoms with van der Waals surface area (Å²) in [5.41, 5.74) is 2.32. The van der Waals surface area contributed by atoms with Gasteiger partial charge >= 0.3 is 0 Å². The van der Waals surface area contributed by atoms with Gasteiger partial charge in [-0.3, -0.25) is 0 Å². The maximum atomic E-state index is 6.52. The normalized spacial score (nSPS) is 15.1. The molecule has 3 heterocycles. The van der Waals surface area contributed by atoms with E-state index in [4.69, 9.17) is 33.2 Å². The van der Waals surface area contributed by atoms with Crippen molar-refractivity contribution >= 4 is 40.3 Å². The fraction of sp³-hybridized carbons (Fsp3) is 0.476. The number of aromatic nitrogens is 4. The third-order valence-electron chi connectivity index (χ3n) is 5.43.